The molecule has 0 spiro atoms. The van der Waals surface area contributed by atoms with Crippen LogP contribution in [0.4, 0.5) is 10.1 Å². The van der Waals surface area contributed by atoms with Crippen molar-refractivity contribution in [3.8, 4) is 5.75 Å². The summed E-state index contributed by atoms with van der Waals surface area (Å²) in [6, 6.07) is 23.1. The molecule has 3 aromatic rings. The van der Waals surface area contributed by atoms with Gasteiger partial charge in [-0.05, 0) is 48.5 Å². The van der Waals surface area contributed by atoms with E-state index in [1.165, 1.54) is 24.3 Å². The van der Waals surface area contributed by atoms with E-state index in [4.69, 9.17) is 4.74 Å². The van der Waals surface area contributed by atoms with Crippen LogP contribution in [0.5, 0.6) is 5.75 Å². The summed E-state index contributed by atoms with van der Waals surface area (Å²) in [4.78, 5) is 14.2. The van der Waals surface area contributed by atoms with Gasteiger partial charge < -0.3 is 10.1 Å². The van der Waals surface area contributed by atoms with Gasteiger partial charge in [-0.3, -0.25) is 4.79 Å². The Kier molecular flexibility index (Phi) is 5.69. The van der Waals surface area contributed by atoms with Gasteiger partial charge >= 0.3 is 0 Å². The van der Waals surface area contributed by atoms with E-state index in [1.807, 2.05) is 54.6 Å². The maximum absolute atomic E-state index is 12.9. The van der Waals surface area contributed by atoms with Crippen LogP contribution in [-0.4, -0.2) is 12.5 Å². The highest BCUT2D eigenvalue weighted by molar-refractivity contribution is 7.99. The molecule has 3 rings (SSSR count). The Morgan fingerprint density at radius 2 is 1.60 bits per heavy atom. The van der Waals surface area contributed by atoms with Gasteiger partial charge in [0.1, 0.15) is 11.6 Å². The third-order valence-electron chi connectivity index (χ3n) is 3.32. The van der Waals surface area contributed by atoms with E-state index in [1.54, 1.807) is 11.8 Å². The van der Waals surface area contributed by atoms with Crippen molar-refractivity contribution in [3.63, 3.8) is 0 Å². The van der Waals surface area contributed by atoms with E-state index in [0.29, 0.717) is 5.75 Å². The second-order valence-electron chi connectivity index (χ2n) is 5.20. The van der Waals surface area contributed by atoms with Crippen molar-refractivity contribution in [2.45, 2.75) is 9.79 Å². The molecule has 25 heavy (non-hydrogen) atoms. The fourth-order valence-corrected chi connectivity index (χ4v) is 3.06. The van der Waals surface area contributed by atoms with Crippen LogP contribution < -0.4 is 10.1 Å². The molecule has 0 atom stereocenters. The molecule has 0 bridgehead atoms. The monoisotopic (exact) mass is 353 g/mol. The molecule has 0 aliphatic carbocycles. The molecule has 3 nitrogen and oxygen atoms in total. The lowest BCUT2D eigenvalue weighted by atomic mass is 10.3. The average Bonchev–Trinajstić information content (AvgIpc) is 2.64. The van der Waals surface area contributed by atoms with Crippen molar-refractivity contribution in [3.05, 3.63) is 84.7 Å². The Balaban J connectivity index is 1.62. The summed E-state index contributed by atoms with van der Waals surface area (Å²) >= 11 is 1.58. The molecule has 0 unspecified atom stereocenters. The summed E-state index contributed by atoms with van der Waals surface area (Å²) < 4.78 is 18.2. The molecule has 0 radical (unpaired) electrons. The molecule has 3 aromatic carbocycles. The average molecular weight is 353 g/mol. The van der Waals surface area contributed by atoms with Gasteiger partial charge in [0, 0.05) is 9.79 Å². The van der Waals surface area contributed by atoms with Crippen LogP contribution in [0.25, 0.3) is 0 Å². The van der Waals surface area contributed by atoms with E-state index in [0.717, 1.165) is 15.5 Å². The minimum Gasteiger partial charge on any atom is -0.484 e. The van der Waals surface area contributed by atoms with Crippen molar-refractivity contribution in [2.75, 3.05) is 11.9 Å². The van der Waals surface area contributed by atoms with Gasteiger partial charge in [0.15, 0.2) is 6.61 Å². The van der Waals surface area contributed by atoms with Crippen molar-refractivity contribution in [2.24, 2.45) is 0 Å². The lowest BCUT2D eigenvalue weighted by Crippen LogP contribution is -2.20. The first kappa shape index (κ1) is 17.0. The Labute approximate surface area is 149 Å². The Hall–Kier alpha value is -2.79. The van der Waals surface area contributed by atoms with Crippen molar-refractivity contribution in [1.29, 1.82) is 0 Å². The summed E-state index contributed by atoms with van der Waals surface area (Å²) in [6.45, 7) is -0.143. The number of nitrogens with one attached hydrogen (secondary N) is 1. The van der Waals surface area contributed by atoms with Gasteiger partial charge in [-0.2, -0.15) is 0 Å². The van der Waals surface area contributed by atoms with Crippen LogP contribution in [0.1, 0.15) is 0 Å². The summed E-state index contributed by atoms with van der Waals surface area (Å²) in [7, 11) is 0. The number of anilines is 1. The topological polar surface area (TPSA) is 38.3 Å². The third kappa shape index (κ3) is 5.09. The summed E-state index contributed by atoms with van der Waals surface area (Å²) in [6.07, 6.45) is 0. The van der Waals surface area contributed by atoms with Crippen LogP contribution in [0, 0.1) is 5.82 Å². The normalized spacial score (nSPS) is 10.3. The zero-order valence-corrected chi connectivity index (χ0v) is 14.1. The fraction of sp³-hybridized carbons (Fsp3) is 0.0500. The third-order valence-corrected chi connectivity index (χ3v) is 4.40. The molecule has 0 aliphatic heterocycles. The second-order valence-corrected chi connectivity index (χ2v) is 6.32. The number of rotatable bonds is 6. The van der Waals surface area contributed by atoms with Gasteiger partial charge in [0.2, 0.25) is 0 Å². The molecule has 126 valence electrons. The summed E-state index contributed by atoms with van der Waals surface area (Å²) in [5.41, 5.74) is 0.726. The number of halogens is 1. The van der Waals surface area contributed by atoms with Crippen LogP contribution in [0.3, 0.4) is 0 Å². The van der Waals surface area contributed by atoms with Crippen LogP contribution in [-0.2, 0) is 4.79 Å². The van der Waals surface area contributed by atoms with E-state index >= 15 is 0 Å². The van der Waals surface area contributed by atoms with Gasteiger partial charge in [-0.25, -0.2) is 4.39 Å². The van der Waals surface area contributed by atoms with Crippen LogP contribution in [0.15, 0.2) is 88.7 Å². The van der Waals surface area contributed by atoms with E-state index in [-0.39, 0.29) is 18.3 Å². The molecular formula is C20H16FNO2S. The van der Waals surface area contributed by atoms with Gasteiger partial charge in [-0.1, -0.05) is 42.1 Å². The minimum absolute atomic E-state index is 0.143. The maximum atomic E-state index is 12.9. The number of amides is 1. The minimum atomic E-state index is -0.344. The Morgan fingerprint density at radius 1 is 0.920 bits per heavy atom. The highest BCUT2D eigenvalue weighted by Crippen LogP contribution is 2.33. The molecule has 0 saturated heterocycles. The number of hydrogen-bond donors (Lipinski definition) is 1. The number of hydrogen-bond acceptors (Lipinski definition) is 3. The van der Waals surface area contributed by atoms with Gasteiger partial charge in [0.05, 0.1) is 5.69 Å². The maximum Gasteiger partial charge on any atom is 0.262 e. The molecule has 0 heterocycles. The molecule has 1 amide bonds. The second kappa shape index (κ2) is 8.35. The smallest absolute Gasteiger partial charge is 0.262 e. The number of benzene rings is 3. The molecule has 0 fully saturated rings. The first-order chi connectivity index (χ1) is 12.2. The van der Waals surface area contributed by atoms with E-state index < -0.39 is 0 Å². The molecule has 0 aromatic heterocycles. The predicted octanol–water partition coefficient (Wildman–Crippen LogP) is 4.99. The first-order valence-electron chi connectivity index (χ1n) is 7.71. The predicted molar refractivity (Wildman–Crippen MR) is 97.5 cm³/mol. The standard InChI is InChI=1S/C20H16FNO2S/c21-15-10-12-16(13-11-15)24-14-20(23)22-18-8-4-5-9-19(18)25-17-6-2-1-3-7-17/h1-13H,14H2,(H,22,23). The van der Waals surface area contributed by atoms with Crippen molar-refractivity contribution >= 4 is 23.4 Å². The molecule has 0 aliphatic rings. The number of carbonyl (C=O) groups excluding carboxylic acids is 1. The molecular weight excluding hydrogens is 337 g/mol. The van der Waals surface area contributed by atoms with E-state index in [2.05, 4.69) is 5.32 Å². The Bertz CT molecular complexity index is 838. The lowest BCUT2D eigenvalue weighted by Gasteiger charge is -2.11. The summed E-state index contributed by atoms with van der Waals surface area (Å²) in [5.74, 6) is -0.169. The molecule has 1 N–H and O–H groups in total. The van der Waals surface area contributed by atoms with Crippen LogP contribution in [0.2, 0.25) is 0 Å². The van der Waals surface area contributed by atoms with Gasteiger partial charge in [0.25, 0.3) is 5.91 Å². The number of ether oxygens (including phenoxy) is 1. The fourth-order valence-electron chi connectivity index (χ4n) is 2.14. The largest absolute Gasteiger partial charge is 0.484 e. The summed E-state index contributed by atoms with van der Waals surface area (Å²) in [5, 5.41) is 2.85. The molecule has 0 saturated carbocycles. The van der Waals surface area contributed by atoms with E-state index in [9.17, 15) is 9.18 Å². The van der Waals surface area contributed by atoms with Crippen LogP contribution >= 0.6 is 11.8 Å². The number of carbonyl (C=O) groups is 1. The highest BCUT2D eigenvalue weighted by Gasteiger charge is 2.09. The van der Waals surface area contributed by atoms with Crippen molar-refractivity contribution in [1.82, 2.24) is 0 Å². The SMILES string of the molecule is O=C(COc1ccc(F)cc1)Nc1ccccc1Sc1ccccc1. The highest BCUT2D eigenvalue weighted by atomic mass is 32.2. The Morgan fingerprint density at radius 3 is 2.36 bits per heavy atom. The molecule has 5 heteroatoms. The lowest BCUT2D eigenvalue weighted by molar-refractivity contribution is -0.118. The first-order valence-corrected chi connectivity index (χ1v) is 8.52. The number of para-hydroxylation sites is 1. The van der Waals surface area contributed by atoms with Crippen molar-refractivity contribution < 1.29 is 13.9 Å². The zero-order chi connectivity index (χ0) is 17.5. The quantitative estimate of drug-likeness (QED) is 0.678. The van der Waals surface area contributed by atoms with Gasteiger partial charge in [-0.15, -0.1) is 0 Å². The zero-order valence-electron chi connectivity index (χ0n) is 13.3.